The fourth-order valence-corrected chi connectivity index (χ4v) is 5.92. The molecule has 2 aromatic rings. The molecule has 6 nitrogen and oxygen atoms in total. The number of piperazine rings is 1. The van der Waals surface area contributed by atoms with Crippen LogP contribution in [0.3, 0.4) is 0 Å². The van der Waals surface area contributed by atoms with Crippen LogP contribution in [0.25, 0.3) is 0 Å². The van der Waals surface area contributed by atoms with Crippen molar-refractivity contribution in [3.63, 3.8) is 0 Å². The Kier molecular flexibility index (Phi) is 7.29. The predicted molar refractivity (Wildman–Crippen MR) is 127 cm³/mol. The van der Waals surface area contributed by atoms with Crippen LogP contribution in [-0.4, -0.2) is 59.7 Å². The Morgan fingerprint density at radius 2 is 1.35 bits per heavy atom. The van der Waals surface area contributed by atoms with Gasteiger partial charge >= 0.3 is 0 Å². The Morgan fingerprint density at radius 1 is 0.839 bits per heavy atom. The smallest absolute Gasteiger partial charge is 0.241 e. The van der Waals surface area contributed by atoms with Crippen LogP contribution in [0, 0.1) is 34.6 Å². The molecule has 1 N–H and O–H groups in total. The summed E-state index contributed by atoms with van der Waals surface area (Å²) in [6.45, 7) is 14.7. The first-order chi connectivity index (χ1) is 14.7. The summed E-state index contributed by atoms with van der Waals surface area (Å²) >= 11 is 0. The molecule has 1 aliphatic rings. The van der Waals surface area contributed by atoms with Crippen molar-refractivity contribution < 1.29 is 13.2 Å². The molecule has 0 aromatic heterocycles. The zero-order valence-electron chi connectivity index (χ0n) is 19.6. The maximum absolute atomic E-state index is 13.1. The molecular weight excluding hydrogens is 410 g/mol. The van der Waals surface area contributed by atoms with E-state index >= 15 is 0 Å². The van der Waals surface area contributed by atoms with Crippen molar-refractivity contribution in [1.29, 1.82) is 0 Å². The normalized spacial score (nSPS) is 15.4. The van der Waals surface area contributed by atoms with Crippen LogP contribution >= 0.6 is 0 Å². The summed E-state index contributed by atoms with van der Waals surface area (Å²) in [5, 5.41) is 0. The van der Waals surface area contributed by atoms with Crippen LogP contribution in [0.2, 0.25) is 0 Å². The molecule has 1 saturated heterocycles. The Morgan fingerprint density at radius 3 is 1.87 bits per heavy atom. The summed E-state index contributed by atoms with van der Waals surface area (Å²) < 4.78 is 34.2. The molecule has 0 radical (unpaired) electrons. The number of methoxy groups -OCH3 is 1. The number of ether oxygens (including phenoxy) is 1. The van der Waals surface area contributed by atoms with Crippen molar-refractivity contribution >= 4 is 15.7 Å². The van der Waals surface area contributed by atoms with Gasteiger partial charge in [0, 0.05) is 45.0 Å². The number of rotatable bonds is 7. The van der Waals surface area contributed by atoms with Crippen molar-refractivity contribution in [3.8, 4) is 5.75 Å². The van der Waals surface area contributed by atoms with Crippen LogP contribution in [0.5, 0.6) is 5.75 Å². The first-order valence-electron chi connectivity index (χ1n) is 10.8. The number of hydrogen-bond donors (Lipinski definition) is 1. The molecule has 170 valence electrons. The molecule has 0 spiro atoms. The molecule has 1 fully saturated rings. The maximum atomic E-state index is 13.1. The minimum absolute atomic E-state index is 0.412. The molecule has 1 aliphatic heterocycles. The first-order valence-corrected chi connectivity index (χ1v) is 12.3. The fraction of sp³-hybridized carbons (Fsp3) is 0.500. The Balaban J connectivity index is 1.56. The van der Waals surface area contributed by atoms with Crippen molar-refractivity contribution in [3.05, 3.63) is 52.1 Å². The van der Waals surface area contributed by atoms with Gasteiger partial charge in [0.2, 0.25) is 10.0 Å². The largest absolute Gasteiger partial charge is 0.497 e. The minimum atomic E-state index is -3.54. The summed E-state index contributed by atoms with van der Waals surface area (Å²) in [5.41, 5.74) is 6.17. The van der Waals surface area contributed by atoms with Crippen LogP contribution < -0.4 is 14.4 Å². The van der Waals surface area contributed by atoms with Crippen molar-refractivity contribution in [2.45, 2.75) is 39.5 Å². The van der Waals surface area contributed by atoms with Gasteiger partial charge in [0.05, 0.1) is 12.0 Å². The standard InChI is InChI=1S/C24H35N3O3S/c1-17-18(2)20(4)24(21(5)19(17)3)31(28,29)25-11-12-26-13-15-27(16-14-26)22-7-9-23(30-6)10-8-22/h7-10,25H,11-16H2,1-6H3. The zero-order chi connectivity index (χ0) is 22.8. The first kappa shape index (κ1) is 23.6. The minimum Gasteiger partial charge on any atom is -0.497 e. The van der Waals surface area contributed by atoms with Gasteiger partial charge in [-0.25, -0.2) is 13.1 Å². The molecule has 1 heterocycles. The van der Waals surface area contributed by atoms with Gasteiger partial charge in [-0.05, 0) is 86.7 Å². The van der Waals surface area contributed by atoms with Crippen molar-refractivity contribution in [2.75, 3.05) is 51.3 Å². The second kappa shape index (κ2) is 9.59. The lowest BCUT2D eigenvalue weighted by Crippen LogP contribution is -2.48. The Labute approximate surface area is 187 Å². The van der Waals surface area contributed by atoms with Gasteiger partial charge in [-0.3, -0.25) is 4.90 Å². The average Bonchev–Trinajstić information content (AvgIpc) is 2.77. The van der Waals surface area contributed by atoms with Gasteiger partial charge in [-0.15, -0.1) is 0 Å². The number of nitrogens with zero attached hydrogens (tertiary/aromatic N) is 2. The molecular formula is C24H35N3O3S. The Hall–Kier alpha value is -2.09. The van der Waals surface area contributed by atoms with E-state index < -0.39 is 10.0 Å². The number of anilines is 1. The molecule has 0 amide bonds. The fourth-order valence-electron chi connectivity index (χ4n) is 4.30. The molecule has 0 atom stereocenters. The summed E-state index contributed by atoms with van der Waals surface area (Å²) in [6.07, 6.45) is 0. The second-order valence-corrected chi connectivity index (χ2v) is 10.1. The van der Waals surface area contributed by atoms with Gasteiger partial charge in [0.1, 0.15) is 5.75 Å². The molecule has 0 bridgehead atoms. The van der Waals surface area contributed by atoms with Crippen molar-refractivity contribution in [1.82, 2.24) is 9.62 Å². The molecule has 0 saturated carbocycles. The maximum Gasteiger partial charge on any atom is 0.241 e. The topological polar surface area (TPSA) is 61.9 Å². The Bertz CT molecular complexity index is 996. The van der Waals surface area contributed by atoms with Gasteiger partial charge in [0.15, 0.2) is 0 Å². The highest BCUT2D eigenvalue weighted by molar-refractivity contribution is 7.89. The number of sulfonamides is 1. The van der Waals surface area contributed by atoms with Gasteiger partial charge < -0.3 is 9.64 Å². The van der Waals surface area contributed by atoms with Crippen LogP contribution in [0.4, 0.5) is 5.69 Å². The number of benzene rings is 2. The predicted octanol–water partition coefficient (Wildman–Crippen LogP) is 3.34. The number of hydrogen-bond acceptors (Lipinski definition) is 5. The SMILES string of the molecule is COc1ccc(N2CCN(CCNS(=O)(=O)c3c(C)c(C)c(C)c(C)c3C)CC2)cc1. The average molecular weight is 446 g/mol. The van der Waals surface area contributed by atoms with E-state index in [0.717, 1.165) is 54.2 Å². The molecule has 0 unspecified atom stereocenters. The van der Waals surface area contributed by atoms with Gasteiger partial charge in [-0.2, -0.15) is 0 Å². The quantitative estimate of drug-likeness (QED) is 0.708. The van der Waals surface area contributed by atoms with E-state index in [1.165, 1.54) is 11.3 Å². The van der Waals surface area contributed by atoms with Crippen molar-refractivity contribution in [2.24, 2.45) is 0 Å². The summed E-state index contributed by atoms with van der Waals surface area (Å²) in [5.74, 6) is 0.860. The molecule has 7 heteroatoms. The highest BCUT2D eigenvalue weighted by atomic mass is 32.2. The summed E-state index contributed by atoms with van der Waals surface area (Å²) in [4.78, 5) is 5.11. The van der Waals surface area contributed by atoms with E-state index in [1.807, 2.05) is 39.8 Å². The van der Waals surface area contributed by atoms with Crippen LogP contribution in [0.15, 0.2) is 29.2 Å². The lowest BCUT2D eigenvalue weighted by Gasteiger charge is -2.36. The third kappa shape index (κ3) is 5.05. The van der Waals surface area contributed by atoms with E-state index in [4.69, 9.17) is 4.74 Å². The van der Waals surface area contributed by atoms with Crippen LogP contribution in [0.1, 0.15) is 27.8 Å². The second-order valence-electron chi connectivity index (χ2n) is 8.38. The third-order valence-electron chi connectivity index (χ3n) is 6.73. The summed E-state index contributed by atoms with van der Waals surface area (Å²) in [6, 6.07) is 8.13. The molecule has 31 heavy (non-hydrogen) atoms. The summed E-state index contributed by atoms with van der Waals surface area (Å²) in [7, 11) is -1.87. The lowest BCUT2D eigenvalue weighted by molar-refractivity contribution is 0.262. The van der Waals surface area contributed by atoms with E-state index in [9.17, 15) is 8.42 Å². The van der Waals surface area contributed by atoms with Gasteiger partial charge in [0.25, 0.3) is 0 Å². The number of nitrogens with one attached hydrogen (secondary N) is 1. The molecule has 0 aliphatic carbocycles. The van der Waals surface area contributed by atoms with Crippen LogP contribution in [-0.2, 0) is 10.0 Å². The highest BCUT2D eigenvalue weighted by Gasteiger charge is 2.24. The van der Waals surface area contributed by atoms with E-state index in [0.29, 0.717) is 18.0 Å². The molecule has 3 rings (SSSR count). The van der Waals surface area contributed by atoms with E-state index in [1.54, 1.807) is 7.11 Å². The zero-order valence-corrected chi connectivity index (χ0v) is 20.4. The molecule has 2 aromatic carbocycles. The van der Waals surface area contributed by atoms with E-state index in [2.05, 4.69) is 33.6 Å². The lowest BCUT2D eigenvalue weighted by atomic mass is 9.95. The van der Waals surface area contributed by atoms with Gasteiger partial charge in [-0.1, -0.05) is 0 Å². The highest BCUT2D eigenvalue weighted by Crippen LogP contribution is 2.29. The monoisotopic (exact) mass is 445 g/mol. The van der Waals surface area contributed by atoms with E-state index in [-0.39, 0.29) is 0 Å². The third-order valence-corrected chi connectivity index (χ3v) is 8.46.